The molecule has 17 heavy (non-hydrogen) atoms. The molecule has 1 fully saturated rings. The van der Waals surface area contributed by atoms with Crippen molar-refractivity contribution >= 4 is 5.97 Å². The van der Waals surface area contributed by atoms with E-state index >= 15 is 0 Å². The Morgan fingerprint density at radius 2 is 1.82 bits per heavy atom. The first-order valence-electron chi connectivity index (χ1n) is 5.79. The van der Waals surface area contributed by atoms with Gasteiger partial charge in [0.1, 0.15) is 0 Å². The Morgan fingerprint density at radius 1 is 1.24 bits per heavy atom. The van der Waals surface area contributed by atoms with E-state index in [0.29, 0.717) is 25.7 Å². The molecule has 0 atom stereocenters. The van der Waals surface area contributed by atoms with Gasteiger partial charge in [0.25, 0.3) is 0 Å². The molecule has 0 unspecified atom stereocenters. The lowest BCUT2D eigenvalue weighted by atomic mass is 9.87. The van der Waals surface area contributed by atoms with Gasteiger partial charge in [-0.25, -0.2) is 0 Å². The number of hydrogen-bond acceptors (Lipinski definition) is 2. The highest BCUT2D eigenvalue weighted by molar-refractivity contribution is 5.69. The van der Waals surface area contributed by atoms with E-state index in [9.17, 15) is 18.0 Å². The average molecular weight is 254 g/mol. The zero-order valence-corrected chi connectivity index (χ0v) is 9.50. The molecular formula is C11H17F3O3. The van der Waals surface area contributed by atoms with E-state index in [1.807, 2.05) is 0 Å². The Kier molecular flexibility index (Phi) is 5.24. The van der Waals surface area contributed by atoms with E-state index in [-0.39, 0.29) is 25.0 Å². The first-order chi connectivity index (χ1) is 7.88. The van der Waals surface area contributed by atoms with Crippen molar-refractivity contribution in [1.29, 1.82) is 0 Å². The number of carboxylic acid groups (broad SMARTS) is 1. The SMILES string of the molecule is O=C(O)C1CCC(OCCCC(F)(F)F)CC1. The molecule has 1 rings (SSSR count). The molecule has 1 aliphatic rings. The van der Waals surface area contributed by atoms with E-state index in [1.54, 1.807) is 0 Å². The number of ether oxygens (including phenoxy) is 1. The van der Waals surface area contributed by atoms with Gasteiger partial charge in [-0.15, -0.1) is 0 Å². The van der Waals surface area contributed by atoms with Gasteiger partial charge in [-0.3, -0.25) is 4.79 Å². The van der Waals surface area contributed by atoms with Gasteiger partial charge >= 0.3 is 12.1 Å². The molecular weight excluding hydrogens is 237 g/mol. The molecule has 100 valence electrons. The van der Waals surface area contributed by atoms with Crippen LogP contribution in [0.4, 0.5) is 13.2 Å². The van der Waals surface area contributed by atoms with Crippen LogP contribution in [-0.4, -0.2) is 30.0 Å². The average Bonchev–Trinajstić information content (AvgIpc) is 2.24. The second-order valence-electron chi connectivity index (χ2n) is 4.40. The maximum absolute atomic E-state index is 11.8. The maximum atomic E-state index is 11.8. The van der Waals surface area contributed by atoms with E-state index in [2.05, 4.69) is 0 Å². The predicted octanol–water partition coefficient (Wildman–Crippen LogP) is 2.99. The fourth-order valence-electron chi connectivity index (χ4n) is 2.00. The Balaban J connectivity index is 2.09. The van der Waals surface area contributed by atoms with Gasteiger partial charge in [0.2, 0.25) is 0 Å². The smallest absolute Gasteiger partial charge is 0.389 e. The molecule has 6 heteroatoms. The van der Waals surface area contributed by atoms with Crippen LogP contribution in [0.15, 0.2) is 0 Å². The summed E-state index contributed by atoms with van der Waals surface area (Å²) in [6, 6.07) is 0. The minimum absolute atomic E-state index is 0.0254. The van der Waals surface area contributed by atoms with Crippen LogP contribution in [0.3, 0.4) is 0 Å². The number of aliphatic carboxylic acids is 1. The maximum Gasteiger partial charge on any atom is 0.389 e. The van der Waals surface area contributed by atoms with Crippen molar-refractivity contribution in [2.24, 2.45) is 5.92 Å². The molecule has 3 nitrogen and oxygen atoms in total. The van der Waals surface area contributed by atoms with Crippen molar-refractivity contribution in [3.05, 3.63) is 0 Å². The van der Waals surface area contributed by atoms with E-state index < -0.39 is 18.6 Å². The van der Waals surface area contributed by atoms with E-state index in [4.69, 9.17) is 9.84 Å². The topological polar surface area (TPSA) is 46.5 Å². The number of carbonyl (C=O) groups is 1. The highest BCUT2D eigenvalue weighted by Crippen LogP contribution is 2.27. The molecule has 0 bridgehead atoms. The second kappa shape index (κ2) is 6.23. The zero-order chi connectivity index (χ0) is 12.9. The van der Waals surface area contributed by atoms with Crippen LogP contribution in [-0.2, 0) is 9.53 Å². The summed E-state index contributed by atoms with van der Waals surface area (Å²) in [4.78, 5) is 10.7. The molecule has 0 saturated heterocycles. The van der Waals surface area contributed by atoms with Crippen molar-refractivity contribution in [3.63, 3.8) is 0 Å². The van der Waals surface area contributed by atoms with Crippen LogP contribution < -0.4 is 0 Å². The zero-order valence-electron chi connectivity index (χ0n) is 9.50. The van der Waals surface area contributed by atoms with Gasteiger partial charge in [0.15, 0.2) is 0 Å². The summed E-state index contributed by atoms with van der Waals surface area (Å²) in [5, 5.41) is 8.76. The predicted molar refractivity (Wildman–Crippen MR) is 54.6 cm³/mol. The summed E-state index contributed by atoms with van der Waals surface area (Å²) in [6.45, 7) is 0.0991. The summed E-state index contributed by atoms with van der Waals surface area (Å²) in [7, 11) is 0. The second-order valence-corrected chi connectivity index (χ2v) is 4.40. The molecule has 1 N–H and O–H groups in total. The van der Waals surface area contributed by atoms with Crippen LogP contribution in [0.2, 0.25) is 0 Å². The summed E-state index contributed by atoms with van der Waals surface area (Å²) in [5.41, 5.74) is 0. The van der Waals surface area contributed by atoms with Crippen molar-refractivity contribution in [1.82, 2.24) is 0 Å². The molecule has 0 aromatic carbocycles. The van der Waals surface area contributed by atoms with Gasteiger partial charge in [0, 0.05) is 13.0 Å². The van der Waals surface area contributed by atoms with E-state index in [1.165, 1.54) is 0 Å². The van der Waals surface area contributed by atoms with Gasteiger partial charge < -0.3 is 9.84 Å². The number of hydrogen-bond donors (Lipinski definition) is 1. The van der Waals surface area contributed by atoms with Crippen molar-refractivity contribution < 1.29 is 27.8 Å². The van der Waals surface area contributed by atoms with Crippen LogP contribution in [0.5, 0.6) is 0 Å². The summed E-state index contributed by atoms with van der Waals surface area (Å²) >= 11 is 0. The monoisotopic (exact) mass is 254 g/mol. The van der Waals surface area contributed by atoms with E-state index in [0.717, 1.165) is 0 Å². The Bertz CT molecular complexity index is 245. The quantitative estimate of drug-likeness (QED) is 0.767. The summed E-state index contributed by atoms with van der Waals surface area (Å²) in [5.74, 6) is -1.11. The van der Waals surface area contributed by atoms with Crippen LogP contribution in [0, 0.1) is 5.92 Å². The molecule has 0 aromatic heterocycles. The highest BCUT2D eigenvalue weighted by atomic mass is 19.4. The van der Waals surface area contributed by atoms with Crippen LogP contribution in [0.25, 0.3) is 0 Å². The number of alkyl halides is 3. The molecule has 0 radical (unpaired) electrons. The third kappa shape index (κ3) is 5.91. The van der Waals surface area contributed by atoms with Gasteiger partial charge in [-0.05, 0) is 32.1 Å². The first-order valence-corrected chi connectivity index (χ1v) is 5.79. The third-order valence-corrected chi connectivity index (χ3v) is 2.98. The lowest BCUT2D eigenvalue weighted by Crippen LogP contribution is -2.26. The lowest BCUT2D eigenvalue weighted by Gasteiger charge is -2.26. The molecule has 1 aliphatic carbocycles. The molecule has 1 saturated carbocycles. The number of rotatable bonds is 5. The molecule has 0 spiro atoms. The Hall–Kier alpha value is -0.780. The summed E-state index contributed by atoms with van der Waals surface area (Å²) in [6.07, 6.45) is -2.67. The molecule has 0 aliphatic heterocycles. The van der Waals surface area contributed by atoms with Gasteiger partial charge in [-0.2, -0.15) is 13.2 Å². The number of carboxylic acids is 1. The van der Waals surface area contributed by atoms with Crippen molar-refractivity contribution in [2.75, 3.05) is 6.61 Å². The van der Waals surface area contributed by atoms with Crippen LogP contribution >= 0.6 is 0 Å². The summed E-state index contributed by atoms with van der Waals surface area (Å²) < 4.78 is 40.8. The fourth-order valence-corrected chi connectivity index (χ4v) is 2.00. The molecule has 0 heterocycles. The highest BCUT2D eigenvalue weighted by Gasteiger charge is 2.28. The first kappa shape index (κ1) is 14.3. The van der Waals surface area contributed by atoms with Gasteiger partial charge in [-0.1, -0.05) is 0 Å². The van der Waals surface area contributed by atoms with Gasteiger partial charge in [0.05, 0.1) is 12.0 Å². The normalized spacial score (nSPS) is 25.8. The Labute approximate surface area is 97.9 Å². The minimum atomic E-state index is -4.12. The van der Waals surface area contributed by atoms with Crippen LogP contribution in [0.1, 0.15) is 38.5 Å². The third-order valence-electron chi connectivity index (χ3n) is 2.98. The van der Waals surface area contributed by atoms with Crippen molar-refractivity contribution in [3.8, 4) is 0 Å². The standard InChI is InChI=1S/C11H17F3O3/c12-11(13,14)6-1-7-17-9-4-2-8(3-5-9)10(15)16/h8-9H,1-7H2,(H,15,16). The molecule has 0 amide bonds. The minimum Gasteiger partial charge on any atom is -0.481 e. The number of halogens is 3. The lowest BCUT2D eigenvalue weighted by molar-refractivity contribution is -0.145. The van der Waals surface area contributed by atoms with Crippen molar-refractivity contribution in [2.45, 2.75) is 50.8 Å². The molecule has 0 aromatic rings. The largest absolute Gasteiger partial charge is 0.481 e. The fraction of sp³-hybridized carbons (Fsp3) is 0.909. The Morgan fingerprint density at radius 3 is 2.29 bits per heavy atom.